The smallest absolute Gasteiger partial charge is 0.307 e. The first-order valence-electron chi connectivity index (χ1n) is 13.3. The third-order valence-electron chi connectivity index (χ3n) is 7.76. The number of fused-ring (bicyclic) bond motifs is 2. The van der Waals surface area contributed by atoms with E-state index in [1.54, 1.807) is 22.2 Å². The number of aromatic nitrogens is 2. The Kier molecular flexibility index (Phi) is 7.74. The van der Waals surface area contributed by atoms with Crippen molar-refractivity contribution in [3.63, 3.8) is 0 Å². The molecule has 0 N–H and O–H groups in total. The van der Waals surface area contributed by atoms with Gasteiger partial charge < -0.3 is 19.4 Å². The lowest BCUT2D eigenvalue weighted by molar-refractivity contribution is -0.136. The Morgan fingerprint density at radius 1 is 1.10 bits per heavy atom. The maximum atomic E-state index is 13.8. The minimum atomic E-state index is -3.92. The first-order chi connectivity index (χ1) is 19.2. The fraction of sp³-hybridized carbons (Fsp3) is 0.500. The highest BCUT2D eigenvalue weighted by Crippen LogP contribution is 2.28. The number of halogens is 1. The predicted molar refractivity (Wildman–Crippen MR) is 155 cm³/mol. The van der Waals surface area contributed by atoms with Crippen LogP contribution in [0.2, 0.25) is 0 Å². The molecule has 0 radical (unpaired) electrons. The van der Waals surface area contributed by atoms with Crippen LogP contribution in [0.15, 0.2) is 35.1 Å². The summed E-state index contributed by atoms with van der Waals surface area (Å²) in [4.78, 5) is 38.4. The first kappa shape index (κ1) is 27.8. The maximum absolute atomic E-state index is 13.8. The summed E-state index contributed by atoms with van der Waals surface area (Å²) >= 11 is 4.84. The van der Waals surface area contributed by atoms with Crippen LogP contribution in [0.1, 0.15) is 26.8 Å². The van der Waals surface area contributed by atoms with E-state index in [4.69, 9.17) is 4.74 Å². The van der Waals surface area contributed by atoms with Gasteiger partial charge in [-0.25, -0.2) is 8.96 Å². The lowest BCUT2D eigenvalue weighted by Gasteiger charge is -2.41. The Bertz CT molecular complexity index is 1550. The van der Waals surface area contributed by atoms with Crippen molar-refractivity contribution in [2.75, 3.05) is 59.5 Å². The summed E-state index contributed by atoms with van der Waals surface area (Å²) in [5.41, 5.74) is 0.958. The summed E-state index contributed by atoms with van der Waals surface area (Å²) < 4.78 is 36.3. The van der Waals surface area contributed by atoms with E-state index in [1.807, 2.05) is 25.2 Å². The highest BCUT2D eigenvalue weighted by atomic mass is 79.9. The molecule has 3 aliphatic heterocycles. The van der Waals surface area contributed by atoms with Crippen molar-refractivity contribution in [1.29, 1.82) is 0 Å². The molecule has 5 heterocycles. The van der Waals surface area contributed by atoms with Gasteiger partial charge in [-0.1, -0.05) is 22.0 Å². The van der Waals surface area contributed by atoms with Gasteiger partial charge in [-0.05, 0) is 19.2 Å². The van der Waals surface area contributed by atoms with Crippen LogP contribution in [-0.4, -0.2) is 114 Å². The van der Waals surface area contributed by atoms with E-state index >= 15 is 0 Å². The lowest BCUT2D eigenvalue weighted by atomic mass is 10.1. The zero-order chi connectivity index (χ0) is 28.0. The fourth-order valence-corrected chi connectivity index (χ4v) is 8.47. The molecule has 6 rings (SSSR count). The Morgan fingerprint density at radius 2 is 1.88 bits per heavy atom. The molecule has 14 heteroatoms. The topological polar surface area (TPSA) is 108 Å². The normalized spacial score (nSPS) is 21.1. The van der Waals surface area contributed by atoms with Crippen LogP contribution in [0.25, 0.3) is 10.8 Å². The summed E-state index contributed by atoms with van der Waals surface area (Å²) in [6, 6.07) is 4.98. The van der Waals surface area contributed by atoms with E-state index in [1.165, 1.54) is 19.6 Å². The molecule has 0 saturated carbocycles. The summed E-state index contributed by atoms with van der Waals surface area (Å²) in [6.07, 6.45) is 4.02. The molecule has 2 amide bonds. The number of benzene rings is 1. The van der Waals surface area contributed by atoms with E-state index in [2.05, 4.69) is 25.8 Å². The zero-order valence-electron chi connectivity index (χ0n) is 22.2. The second-order valence-corrected chi connectivity index (χ2v) is 14.3. The number of hydrogen-bond acceptors (Lipinski definition) is 8. The van der Waals surface area contributed by atoms with Crippen molar-refractivity contribution in [3.05, 3.63) is 50.6 Å². The zero-order valence-corrected chi connectivity index (χ0v) is 25.4. The highest BCUT2D eigenvalue weighted by molar-refractivity contribution is 9.10. The van der Waals surface area contributed by atoms with Crippen LogP contribution in [0.4, 0.5) is 0 Å². The summed E-state index contributed by atoms with van der Waals surface area (Å²) in [6.45, 7) is 3.88. The molecule has 0 spiro atoms. The molecule has 3 aromatic rings. The Morgan fingerprint density at radius 3 is 2.67 bits per heavy atom. The van der Waals surface area contributed by atoms with Gasteiger partial charge in [-0.15, -0.1) is 11.3 Å². The third-order valence-corrected chi connectivity index (χ3v) is 11.1. The Hall–Kier alpha value is -2.36. The average molecular weight is 652 g/mol. The van der Waals surface area contributed by atoms with E-state index in [-0.39, 0.29) is 37.9 Å². The number of likely N-dealkylation sites (N-methyl/N-ethyl adjacent to an activating group) is 1. The molecule has 11 nitrogen and oxygen atoms in total. The highest BCUT2D eigenvalue weighted by Gasteiger charge is 2.39. The first-order valence-corrected chi connectivity index (χ1v) is 16.3. The third kappa shape index (κ3) is 5.44. The number of piperazine rings is 1. The van der Waals surface area contributed by atoms with Gasteiger partial charge in [0.15, 0.2) is 5.01 Å². The quantitative estimate of drug-likeness (QED) is 0.416. The maximum Gasteiger partial charge on any atom is 0.307 e. The van der Waals surface area contributed by atoms with Crippen LogP contribution < -0.4 is 0 Å². The monoisotopic (exact) mass is 650 g/mol. The molecular formula is C26H31BrN6O5S2. The fourth-order valence-electron chi connectivity index (χ4n) is 5.51. The van der Waals surface area contributed by atoms with Crippen LogP contribution >= 0.6 is 27.3 Å². The molecule has 2 aromatic heterocycles. The molecule has 2 fully saturated rings. The van der Waals surface area contributed by atoms with Crippen molar-refractivity contribution in [2.45, 2.75) is 25.4 Å². The number of carbonyl (C=O) groups is 2. The van der Waals surface area contributed by atoms with Crippen LogP contribution in [0, 0.1) is 0 Å². The van der Waals surface area contributed by atoms with Gasteiger partial charge in [-0.3, -0.25) is 9.59 Å². The van der Waals surface area contributed by atoms with Crippen molar-refractivity contribution in [1.82, 2.24) is 28.0 Å². The SMILES string of the molecule is CN1CCc2nc(C(=O)N3CCN(S(=O)(=O)n4cc5ccc(Br)cc5c4)CC3CC(=O)N3CCOCC3)sc2C1. The van der Waals surface area contributed by atoms with Crippen LogP contribution in [0.5, 0.6) is 0 Å². The van der Waals surface area contributed by atoms with Crippen molar-refractivity contribution in [3.8, 4) is 0 Å². The second-order valence-electron chi connectivity index (χ2n) is 10.5. The molecule has 1 aromatic carbocycles. The number of rotatable bonds is 5. The van der Waals surface area contributed by atoms with Gasteiger partial charge in [0.1, 0.15) is 0 Å². The number of nitrogens with zero attached hydrogens (tertiary/aromatic N) is 6. The summed E-state index contributed by atoms with van der Waals surface area (Å²) in [5.74, 6) is -0.350. The number of thiazole rings is 1. The second kappa shape index (κ2) is 11.1. The van der Waals surface area contributed by atoms with E-state index < -0.39 is 16.3 Å². The van der Waals surface area contributed by atoms with Gasteiger partial charge in [0.2, 0.25) is 5.91 Å². The largest absolute Gasteiger partial charge is 0.378 e. The van der Waals surface area contributed by atoms with Crippen molar-refractivity contribution >= 4 is 60.1 Å². The van der Waals surface area contributed by atoms with Crippen LogP contribution in [-0.2, 0) is 32.7 Å². The van der Waals surface area contributed by atoms with Gasteiger partial charge in [0, 0.05) is 91.2 Å². The molecule has 214 valence electrons. The molecule has 2 saturated heterocycles. The Balaban J connectivity index is 1.27. The molecule has 40 heavy (non-hydrogen) atoms. The van der Waals surface area contributed by atoms with E-state index in [0.29, 0.717) is 31.3 Å². The number of ether oxygens (including phenoxy) is 1. The van der Waals surface area contributed by atoms with Gasteiger partial charge in [-0.2, -0.15) is 12.7 Å². The molecule has 1 atom stereocenters. The predicted octanol–water partition coefficient (Wildman–Crippen LogP) is 2.02. The Labute approximate surface area is 245 Å². The molecule has 3 aliphatic rings. The van der Waals surface area contributed by atoms with E-state index in [9.17, 15) is 18.0 Å². The standard InChI is InChI=1S/C26H31BrN6O5S2/c1-29-5-4-22-23(17-29)39-25(28-22)26(35)33-7-6-31(16-21(33)13-24(34)30-8-10-38-11-9-30)40(36,37)32-14-18-2-3-20(27)12-19(18)15-32/h2-3,12,14-15,21H,4-11,13,16-17H2,1H3. The van der Waals surface area contributed by atoms with Gasteiger partial charge in [0.25, 0.3) is 5.91 Å². The lowest BCUT2D eigenvalue weighted by Crippen LogP contribution is -2.58. The van der Waals surface area contributed by atoms with Gasteiger partial charge in [0.05, 0.1) is 24.9 Å². The van der Waals surface area contributed by atoms with Gasteiger partial charge >= 0.3 is 10.2 Å². The molecule has 0 aliphatic carbocycles. The number of amides is 2. The van der Waals surface area contributed by atoms with Crippen molar-refractivity contribution < 1.29 is 22.7 Å². The number of morpholine rings is 1. The number of hydrogen-bond donors (Lipinski definition) is 0. The van der Waals surface area contributed by atoms with Crippen LogP contribution in [0.3, 0.4) is 0 Å². The summed E-state index contributed by atoms with van der Waals surface area (Å²) in [7, 11) is -1.87. The van der Waals surface area contributed by atoms with E-state index in [0.717, 1.165) is 45.3 Å². The summed E-state index contributed by atoms with van der Waals surface area (Å²) in [5, 5.41) is 2.00. The minimum absolute atomic E-state index is 0.0240. The van der Waals surface area contributed by atoms with Crippen molar-refractivity contribution in [2.24, 2.45) is 0 Å². The molecule has 0 bridgehead atoms. The molecule has 1 unspecified atom stereocenters. The minimum Gasteiger partial charge on any atom is -0.378 e. The molecular weight excluding hydrogens is 620 g/mol. The average Bonchev–Trinajstić information content (AvgIpc) is 3.57. The number of carbonyl (C=O) groups excluding carboxylic acids is 2.